The van der Waals surface area contributed by atoms with E-state index in [9.17, 15) is 4.79 Å². The Balaban J connectivity index is 2.86. The Bertz CT molecular complexity index is 339. The highest BCUT2D eigenvalue weighted by Crippen LogP contribution is 2.16. The Kier molecular flexibility index (Phi) is 4.61. The Morgan fingerprint density at radius 1 is 1.33 bits per heavy atom. The van der Waals surface area contributed by atoms with Crippen molar-refractivity contribution < 1.29 is 9.53 Å². The fraction of sp³-hybridized carbons (Fsp3) is 0.308. The van der Waals surface area contributed by atoms with Crippen LogP contribution in [0.25, 0.3) is 5.76 Å². The predicted molar refractivity (Wildman–Crippen MR) is 61.1 cm³/mol. The summed E-state index contributed by atoms with van der Waals surface area (Å²) in [6, 6.07) is 9.67. The molecule has 1 rings (SSSR count). The average molecular weight is 204 g/mol. The van der Waals surface area contributed by atoms with Crippen LogP contribution in [-0.4, -0.2) is 5.97 Å². The zero-order valence-corrected chi connectivity index (χ0v) is 9.19. The maximum Gasteiger partial charge on any atom is 0.308 e. The fourth-order valence-corrected chi connectivity index (χ4v) is 1.25. The third-order valence-corrected chi connectivity index (χ3v) is 1.93. The molecule has 15 heavy (non-hydrogen) atoms. The molecule has 0 N–H and O–H groups in total. The second kappa shape index (κ2) is 6.02. The third-order valence-electron chi connectivity index (χ3n) is 1.93. The Labute approximate surface area is 90.6 Å². The lowest BCUT2D eigenvalue weighted by molar-refractivity contribution is -0.134. The molecule has 0 atom stereocenters. The van der Waals surface area contributed by atoms with Crippen LogP contribution in [0.15, 0.2) is 36.4 Å². The van der Waals surface area contributed by atoms with Gasteiger partial charge in [-0.15, -0.1) is 0 Å². The summed E-state index contributed by atoms with van der Waals surface area (Å²) in [6.45, 7) is 3.51. The number of unbranched alkanes of at least 4 members (excludes halogenated alkanes) is 1. The smallest absolute Gasteiger partial charge is 0.308 e. The highest BCUT2D eigenvalue weighted by molar-refractivity contribution is 5.76. The number of benzene rings is 1. The molecule has 0 aliphatic heterocycles. The quantitative estimate of drug-likeness (QED) is 0.555. The number of rotatable bonds is 4. The van der Waals surface area contributed by atoms with E-state index in [0.29, 0.717) is 5.76 Å². The predicted octanol–water partition coefficient (Wildman–Crippen LogP) is 3.39. The van der Waals surface area contributed by atoms with Gasteiger partial charge in [-0.1, -0.05) is 43.7 Å². The third kappa shape index (κ3) is 3.98. The van der Waals surface area contributed by atoms with E-state index in [1.807, 2.05) is 36.4 Å². The van der Waals surface area contributed by atoms with Gasteiger partial charge in [-0.25, -0.2) is 0 Å². The molecular formula is C13H16O2. The van der Waals surface area contributed by atoms with Gasteiger partial charge in [0, 0.05) is 12.5 Å². The summed E-state index contributed by atoms with van der Waals surface area (Å²) in [5.74, 6) is 0.381. The van der Waals surface area contributed by atoms with E-state index in [0.717, 1.165) is 18.4 Å². The topological polar surface area (TPSA) is 26.3 Å². The van der Waals surface area contributed by atoms with Gasteiger partial charge in [0.05, 0.1) is 0 Å². The summed E-state index contributed by atoms with van der Waals surface area (Å²) in [4.78, 5) is 10.9. The zero-order valence-electron chi connectivity index (χ0n) is 9.19. The molecule has 0 bridgehead atoms. The summed E-state index contributed by atoms with van der Waals surface area (Å²) in [5.41, 5.74) is 0.946. The van der Waals surface area contributed by atoms with Crippen LogP contribution in [-0.2, 0) is 9.53 Å². The first-order valence-corrected chi connectivity index (χ1v) is 5.18. The summed E-state index contributed by atoms with van der Waals surface area (Å²) in [6.07, 6.45) is 3.91. The van der Waals surface area contributed by atoms with Gasteiger partial charge in [0.25, 0.3) is 0 Å². The minimum Gasteiger partial charge on any atom is -0.426 e. The number of hydrogen-bond donors (Lipinski definition) is 0. The number of hydrogen-bond acceptors (Lipinski definition) is 2. The standard InChI is InChI=1S/C13H16O2/c1-3-4-10-13(15-11(2)14)12-8-6-5-7-9-12/h5-10H,3-4H2,1-2H3. The lowest BCUT2D eigenvalue weighted by Gasteiger charge is -2.06. The monoisotopic (exact) mass is 204 g/mol. The number of ether oxygens (including phenoxy) is 1. The van der Waals surface area contributed by atoms with Crippen LogP contribution in [0.4, 0.5) is 0 Å². The van der Waals surface area contributed by atoms with Crippen molar-refractivity contribution in [2.45, 2.75) is 26.7 Å². The van der Waals surface area contributed by atoms with E-state index in [1.165, 1.54) is 6.92 Å². The summed E-state index contributed by atoms with van der Waals surface area (Å²) < 4.78 is 5.16. The highest BCUT2D eigenvalue weighted by atomic mass is 16.5. The minimum atomic E-state index is -0.277. The van der Waals surface area contributed by atoms with E-state index in [1.54, 1.807) is 0 Å². The molecule has 0 saturated carbocycles. The molecule has 0 amide bonds. The maximum atomic E-state index is 10.9. The molecule has 2 nitrogen and oxygen atoms in total. The molecular weight excluding hydrogens is 188 g/mol. The van der Waals surface area contributed by atoms with E-state index in [-0.39, 0.29) is 5.97 Å². The molecule has 0 aromatic heterocycles. The van der Waals surface area contributed by atoms with Crippen molar-refractivity contribution in [1.82, 2.24) is 0 Å². The van der Waals surface area contributed by atoms with Crippen LogP contribution in [0.1, 0.15) is 32.3 Å². The first kappa shape index (κ1) is 11.5. The fourth-order valence-electron chi connectivity index (χ4n) is 1.25. The molecule has 0 saturated heterocycles. The average Bonchev–Trinajstić information content (AvgIpc) is 2.25. The van der Waals surface area contributed by atoms with Crippen LogP contribution in [0.3, 0.4) is 0 Å². The van der Waals surface area contributed by atoms with Gasteiger partial charge in [-0.2, -0.15) is 0 Å². The molecule has 0 aliphatic carbocycles. The molecule has 0 unspecified atom stereocenters. The van der Waals surface area contributed by atoms with Gasteiger partial charge in [0.2, 0.25) is 0 Å². The number of carbonyl (C=O) groups excluding carboxylic acids is 1. The van der Waals surface area contributed by atoms with Crippen LogP contribution in [0.5, 0.6) is 0 Å². The van der Waals surface area contributed by atoms with Crippen LogP contribution < -0.4 is 0 Å². The molecule has 1 aromatic rings. The first-order chi connectivity index (χ1) is 7.24. The normalized spacial score (nSPS) is 11.2. The van der Waals surface area contributed by atoms with Gasteiger partial charge in [-0.3, -0.25) is 4.79 Å². The second-order valence-corrected chi connectivity index (χ2v) is 3.32. The first-order valence-electron chi connectivity index (χ1n) is 5.18. The lowest BCUT2D eigenvalue weighted by Crippen LogP contribution is -1.98. The van der Waals surface area contributed by atoms with Crippen molar-refractivity contribution in [2.75, 3.05) is 0 Å². The van der Waals surface area contributed by atoms with Crippen molar-refractivity contribution >= 4 is 11.7 Å². The molecule has 0 heterocycles. The number of allylic oxidation sites excluding steroid dienone is 1. The highest BCUT2D eigenvalue weighted by Gasteiger charge is 2.04. The largest absolute Gasteiger partial charge is 0.426 e. The molecule has 0 spiro atoms. The van der Waals surface area contributed by atoms with Crippen molar-refractivity contribution in [3.05, 3.63) is 42.0 Å². The van der Waals surface area contributed by atoms with E-state index in [2.05, 4.69) is 6.92 Å². The Hall–Kier alpha value is -1.57. The summed E-state index contributed by atoms with van der Waals surface area (Å²) in [5, 5.41) is 0. The lowest BCUT2D eigenvalue weighted by atomic mass is 10.1. The van der Waals surface area contributed by atoms with Crippen molar-refractivity contribution in [2.24, 2.45) is 0 Å². The molecule has 0 radical (unpaired) electrons. The van der Waals surface area contributed by atoms with Gasteiger partial charge in [0.15, 0.2) is 0 Å². The van der Waals surface area contributed by atoms with Gasteiger partial charge >= 0.3 is 5.97 Å². The second-order valence-electron chi connectivity index (χ2n) is 3.32. The van der Waals surface area contributed by atoms with Crippen molar-refractivity contribution in [3.8, 4) is 0 Å². The summed E-state index contributed by atoms with van der Waals surface area (Å²) in [7, 11) is 0. The van der Waals surface area contributed by atoms with Crippen molar-refractivity contribution in [3.63, 3.8) is 0 Å². The molecule has 80 valence electrons. The van der Waals surface area contributed by atoms with Gasteiger partial charge in [-0.05, 0) is 12.5 Å². The van der Waals surface area contributed by atoms with Crippen LogP contribution >= 0.6 is 0 Å². The van der Waals surface area contributed by atoms with Crippen LogP contribution in [0, 0.1) is 0 Å². The van der Waals surface area contributed by atoms with Gasteiger partial charge in [0.1, 0.15) is 5.76 Å². The molecule has 2 heteroatoms. The van der Waals surface area contributed by atoms with E-state index in [4.69, 9.17) is 4.74 Å². The SMILES string of the molecule is CCCC=C(OC(C)=O)c1ccccc1. The Morgan fingerprint density at radius 3 is 2.53 bits per heavy atom. The van der Waals surface area contributed by atoms with E-state index < -0.39 is 0 Å². The number of carbonyl (C=O) groups is 1. The van der Waals surface area contributed by atoms with Crippen molar-refractivity contribution in [1.29, 1.82) is 0 Å². The molecule has 0 fully saturated rings. The van der Waals surface area contributed by atoms with E-state index >= 15 is 0 Å². The summed E-state index contributed by atoms with van der Waals surface area (Å²) >= 11 is 0. The Morgan fingerprint density at radius 2 is 2.00 bits per heavy atom. The maximum absolute atomic E-state index is 10.9. The molecule has 1 aromatic carbocycles. The van der Waals surface area contributed by atoms with Crippen LogP contribution in [0.2, 0.25) is 0 Å². The number of esters is 1. The molecule has 0 aliphatic rings. The van der Waals surface area contributed by atoms with Gasteiger partial charge < -0.3 is 4.74 Å². The zero-order chi connectivity index (χ0) is 11.1. The minimum absolute atomic E-state index is 0.277.